The molecule has 0 aliphatic heterocycles. The molecule has 0 fully saturated rings. The van der Waals surface area contributed by atoms with Crippen molar-refractivity contribution in [2.24, 2.45) is 11.1 Å². The highest BCUT2D eigenvalue weighted by Crippen LogP contribution is 2.14. The van der Waals surface area contributed by atoms with Crippen molar-refractivity contribution in [1.29, 1.82) is 0 Å². The number of carbonyl (C=O) groups is 1. The molecule has 0 radical (unpaired) electrons. The lowest BCUT2D eigenvalue weighted by molar-refractivity contribution is -0.121. The van der Waals surface area contributed by atoms with Gasteiger partial charge in [0.05, 0.1) is 0 Å². The van der Waals surface area contributed by atoms with Crippen LogP contribution in [-0.4, -0.2) is 5.91 Å². The normalized spacial score (nSPS) is 12.1. The Morgan fingerprint density at radius 3 is 2.53 bits per heavy atom. The van der Waals surface area contributed by atoms with Crippen LogP contribution in [0.15, 0.2) is 29.4 Å². The van der Waals surface area contributed by atoms with Gasteiger partial charge in [-0.15, -0.1) is 4.91 Å². The summed E-state index contributed by atoms with van der Waals surface area (Å²) in [7, 11) is 0. The highest BCUT2D eigenvalue weighted by atomic mass is 35.5. The van der Waals surface area contributed by atoms with Crippen molar-refractivity contribution in [1.82, 2.24) is 0 Å². The second-order valence-corrected chi connectivity index (χ2v) is 3.93. The molecule has 0 N–H and O–H groups in total. The zero-order chi connectivity index (χ0) is 11.3. The number of rotatable bonds is 4. The van der Waals surface area contributed by atoms with Crippen molar-refractivity contribution < 1.29 is 4.79 Å². The van der Waals surface area contributed by atoms with Crippen LogP contribution in [0.1, 0.15) is 18.9 Å². The average Bonchev–Trinajstić information content (AvgIpc) is 2.26. The molecule has 0 unspecified atom stereocenters. The standard InChI is InChI=1S/C11H12ClNO2/c1-8(11(14)13-15)2-3-9-4-6-10(12)7-5-9/h4-8H,2-3H2,1H3/t8-/m0/s1. The summed E-state index contributed by atoms with van der Waals surface area (Å²) in [5, 5.41) is 3.10. The minimum absolute atomic E-state index is 0.307. The van der Waals surface area contributed by atoms with E-state index < -0.39 is 5.91 Å². The lowest BCUT2D eigenvalue weighted by Crippen LogP contribution is -2.08. The lowest BCUT2D eigenvalue weighted by Gasteiger charge is -2.05. The predicted molar refractivity (Wildman–Crippen MR) is 59.7 cm³/mol. The first-order valence-electron chi connectivity index (χ1n) is 4.75. The number of amides is 1. The molecule has 1 aromatic carbocycles. The van der Waals surface area contributed by atoms with Gasteiger partial charge in [0.2, 0.25) is 0 Å². The molecule has 4 heteroatoms. The van der Waals surface area contributed by atoms with Crippen molar-refractivity contribution in [3.63, 3.8) is 0 Å². The highest BCUT2D eigenvalue weighted by molar-refractivity contribution is 6.30. The largest absolute Gasteiger partial charge is 0.289 e. The zero-order valence-electron chi connectivity index (χ0n) is 8.44. The van der Waals surface area contributed by atoms with E-state index in [1.807, 2.05) is 12.1 Å². The number of carbonyl (C=O) groups excluding carboxylic acids is 1. The molecule has 15 heavy (non-hydrogen) atoms. The van der Waals surface area contributed by atoms with Crippen molar-refractivity contribution >= 4 is 17.5 Å². The summed E-state index contributed by atoms with van der Waals surface area (Å²) in [5.74, 6) is -0.887. The molecule has 1 atom stereocenters. The lowest BCUT2D eigenvalue weighted by atomic mass is 10.0. The predicted octanol–water partition coefficient (Wildman–Crippen LogP) is 3.20. The Bertz CT molecular complexity index is 348. The molecular weight excluding hydrogens is 214 g/mol. The van der Waals surface area contributed by atoms with Crippen LogP contribution >= 0.6 is 11.6 Å². The molecule has 0 heterocycles. The third-order valence-corrected chi connectivity index (χ3v) is 2.54. The number of hydrogen-bond acceptors (Lipinski definition) is 2. The molecule has 1 rings (SSSR count). The van der Waals surface area contributed by atoms with Gasteiger partial charge in [0.15, 0.2) is 0 Å². The molecule has 0 aliphatic carbocycles. The van der Waals surface area contributed by atoms with E-state index in [4.69, 9.17) is 11.6 Å². The Kier molecular flexibility index (Phi) is 4.43. The van der Waals surface area contributed by atoms with Crippen LogP contribution in [0, 0.1) is 10.8 Å². The molecule has 0 saturated carbocycles. The Balaban J connectivity index is 2.46. The molecule has 1 amide bonds. The summed E-state index contributed by atoms with van der Waals surface area (Å²) >= 11 is 5.74. The smallest absolute Gasteiger partial charge is 0.269 e. The third kappa shape index (κ3) is 3.80. The summed E-state index contributed by atoms with van der Waals surface area (Å²) in [6.07, 6.45) is 1.38. The number of nitrogens with zero attached hydrogens (tertiary/aromatic N) is 1. The van der Waals surface area contributed by atoms with Gasteiger partial charge in [-0.05, 0) is 30.5 Å². The summed E-state index contributed by atoms with van der Waals surface area (Å²) in [6.45, 7) is 1.71. The second kappa shape index (κ2) is 5.61. The number of benzene rings is 1. The van der Waals surface area contributed by atoms with E-state index in [0.29, 0.717) is 11.4 Å². The second-order valence-electron chi connectivity index (χ2n) is 3.50. The van der Waals surface area contributed by atoms with Gasteiger partial charge in [0.1, 0.15) is 0 Å². The molecule has 0 spiro atoms. The van der Waals surface area contributed by atoms with E-state index in [1.165, 1.54) is 0 Å². The molecule has 80 valence electrons. The van der Waals surface area contributed by atoms with E-state index in [-0.39, 0.29) is 5.92 Å². The van der Waals surface area contributed by atoms with E-state index in [2.05, 4.69) is 5.18 Å². The summed E-state index contributed by atoms with van der Waals surface area (Å²) in [5.41, 5.74) is 1.10. The third-order valence-electron chi connectivity index (χ3n) is 2.29. The van der Waals surface area contributed by atoms with E-state index in [1.54, 1.807) is 19.1 Å². The Labute approximate surface area is 93.4 Å². The van der Waals surface area contributed by atoms with E-state index in [9.17, 15) is 9.70 Å². The Morgan fingerprint density at radius 2 is 2.00 bits per heavy atom. The van der Waals surface area contributed by atoms with Gasteiger partial charge in [-0.2, -0.15) is 0 Å². The molecular formula is C11H12ClNO2. The summed E-state index contributed by atoms with van der Waals surface area (Å²) < 4.78 is 0. The van der Waals surface area contributed by atoms with E-state index >= 15 is 0 Å². The summed E-state index contributed by atoms with van der Waals surface area (Å²) in [4.78, 5) is 20.9. The first-order chi connectivity index (χ1) is 7.13. The van der Waals surface area contributed by atoms with Crippen LogP contribution in [0.3, 0.4) is 0 Å². The fourth-order valence-corrected chi connectivity index (χ4v) is 1.37. The number of nitroso groups, excluding NO2 is 1. The Morgan fingerprint density at radius 1 is 1.40 bits per heavy atom. The van der Waals surface area contributed by atoms with Crippen LogP contribution in [0.5, 0.6) is 0 Å². The van der Waals surface area contributed by atoms with Gasteiger partial charge in [0.25, 0.3) is 5.91 Å². The highest BCUT2D eigenvalue weighted by Gasteiger charge is 2.12. The topological polar surface area (TPSA) is 46.5 Å². The van der Waals surface area contributed by atoms with E-state index in [0.717, 1.165) is 12.0 Å². The van der Waals surface area contributed by atoms with Crippen LogP contribution in [0.2, 0.25) is 5.02 Å². The van der Waals surface area contributed by atoms with Gasteiger partial charge >= 0.3 is 0 Å². The maximum absolute atomic E-state index is 10.9. The van der Waals surface area contributed by atoms with Gasteiger partial charge in [-0.3, -0.25) is 4.79 Å². The van der Waals surface area contributed by atoms with Gasteiger partial charge in [-0.25, -0.2) is 0 Å². The first-order valence-corrected chi connectivity index (χ1v) is 5.13. The van der Waals surface area contributed by atoms with Gasteiger partial charge < -0.3 is 0 Å². The minimum atomic E-state index is -0.580. The number of aryl methyl sites for hydroxylation is 1. The van der Waals surface area contributed by atoms with Crippen molar-refractivity contribution in [2.45, 2.75) is 19.8 Å². The zero-order valence-corrected chi connectivity index (χ0v) is 9.20. The molecule has 0 aliphatic rings. The number of hydrogen-bond donors (Lipinski definition) is 0. The molecule has 0 bridgehead atoms. The SMILES string of the molecule is C[C@@H](CCc1ccc(Cl)cc1)C(=O)N=O. The maximum Gasteiger partial charge on any atom is 0.289 e. The van der Waals surface area contributed by atoms with Crippen molar-refractivity contribution in [2.75, 3.05) is 0 Å². The van der Waals surface area contributed by atoms with Crippen LogP contribution in [0.25, 0.3) is 0 Å². The molecule has 0 aromatic heterocycles. The van der Waals surface area contributed by atoms with Gasteiger partial charge in [0, 0.05) is 16.1 Å². The quantitative estimate of drug-likeness (QED) is 0.739. The summed E-state index contributed by atoms with van der Waals surface area (Å²) in [6, 6.07) is 7.43. The molecule has 3 nitrogen and oxygen atoms in total. The molecule has 0 saturated heterocycles. The minimum Gasteiger partial charge on any atom is -0.269 e. The molecule has 1 aromatic rings. The fourth-order valence-electron chi connectivity index (χ4n) is 1.25. The average molecular weight is 226 g/mol. The van der Waals surface area contributed by atoms with Crippen LogP contribution < -0.4 is 0 Å². The van der Waals surface area contributed by atoms with Crippen LogP contribution in [-0.2, 0) is 11.2 Å². The monoisotopic (exact) mass is 225 g/mol. The maximum atomic E-state index is 10.9. The van der Waals surface area contributed by atoms with Crippen molar-refractivity contribution in [3.05, 3.63) is 39.8 Å². The van der Waals surface area contributed by atoms with Crippen molar-refractivity contribution in [3.8, 4) is 0 Å². The fraction of sp³-hybridized carbons (Fsp3) is 0.364. The number of halogens is 1. The Hall–Kier alpha value is -1.22. The van der Waals surface area contributed by atoms with Crippen LogP contribution in [0.4, 0.5) is 0 Å². The first kappa shape index (κ1) is 11.9. The van der Waals surface area contributed by atoms with Gasteiger partial charge in [-0.1, -0.05) is 30.7 Å².